The number of nitrogens with zero attached hydrogens (tertiary/aromatic N) is 3. The van der Waals surface area contributed by atoms with Crippen LogP contribution in [0.2, 0.25) is 0 Å². The first-order chi connectivity index (χ1) is 5.34. The van der Waals surface area contributed by atoms with Crippen molar-refractivity contribution in [3.05, 3.63) is 6.33 Å². The summed E-state index contributed by atoms with van der Waals surface area (Å²) in [6.07, 6.45) is 1.71. The molecule has 1 N–H and O–H groups in total. The van der Waals surface area contributed by atoms with Crippen LogP contribution in [0.15, 0.2) is 11.5 Å². The molecule has 4 nitrogen and oxygen atoms in total. The van der Waals surface area contributed by atoms with Crippen LogP contribution < -0.4 is 5.32 Å². The Morgan fingerprint density at radius 2 is 2.55 bits per heavy atom. The summed E-state index contributed by atoms with van der Waals surface area (Å²) in [5, 5.41) is 11.8. The average molecular weight is 172 g/mol. The van der Waals surface area contributed by atoms with Crippen molar-refractivity contribution >= 4 is 11.8 Å². The summed E-state index contributed by atoms with van der Waals surface area (Å²) in [6.45, 7) is 0.998. The molecule has 1 rings (SSSR count). The van der Waals surface area contributed by atoms with Gasteiger partial charge in [0.05, 0.1) is 0 Å². The maximum atomic E-state index is 3.94. The molecule has 62 valence electrons. The first-order valence-corrected chi connectivity index (χ1v) is 4.44. The first-order valence-electron chi connectivity index (χ1n) is 3.46. The molecule has 0 aromatic carbocycles. The fourth-order valence-corrected chi connectivity index (χ4v) is 1.49. The van der Waals surface area contributed by atoms with Gasteiger partial charge in [-0.3, -0.25) is 0 Å². The Bertz CT molecular complexity index is 210. The summed E-state index contributed by atoms with van der Waals surface area (Å²) in [6, 6.07) is 0. The van der Waals surface area contributed by atoms with Crippen molar-refractivity contribution in [1.82, 2.24) is 20.1 Å². The quantitative estimate of drug-likeness (QED) is 0.518. The normalized spacial score (nSPS) is 10.4. The van der Waals surface area contributed by atoms with Crippen LogP contribution in [0.3, 0.4) is 0 Å². The van der Waals surface area contributed by atoms with E-state index in [0.717, 1.165) is 17.5 Å². The summed E-state index contributed by atoms with van der Waals surface area (Å²) < 4.78 is 1.92. The molecule has 5 heteroatoms. The standard InChI is InChI=1S/C6H12N4S/c1-7-3-4-11-6-9-8-5-10(6)2/h5,7H,3-4H2,1-2H3. The predicted octanol–water partition coefficient (Wildman–Crippen LogP) is 0.127. The van der Waals surface area contributed by atoms with Crippen LogP contribution >= 0.6 is 11.8 Å². The number of thioether (sulfide) groups is 1. The van der Waals surface area contributed by atoms with Gasteiger partial charge < -0.3 is 9.88 Å². The second kappa shape index (κ2) is 4.35. The molecule has 0 saturated carbocycles. The molecule has 0 spiro atoms. The molecule has 11 heavy (non-hydrogen) atoms. The van der Waals surface area contributed by atoms with Gasteiger partial charge in [0.15, 0.2) is 5.16 Å². The Kier molecular flexibility index (Phi) is 3.38. The molecular formula is C6H12N4S. The molecule has 0 unspecified atom stereocenters. The Morgan fingerprint density at radius 1 is 1.73 bits per heavy atom. The van der Waals surface area contributed by atoms with E-state index in [-0.39, 0.29) is 0 Å². The molecule has 0 saturated heterocycles. The zero-order valence-corrected chi connectivity index (χ0v) is 7.56. The van der Waals surface area contributed by atoms with Crippen LogP contribution in [0.1, 0.15) is 0 Å². The number of nitrogens with one attached hydrogen (secondary N) is 1. The van der Waals surface area contributed by atoms with Gasteiger partial charge in [-0.15, -0.1) is 10.2 Å². The van der Waals surface area contributed by atoms with Gasteiger partial charge in [0.25, 0.3) is 0 Å². The lowest BCUT2D eigenvalue weighted by molar-refractivity contribution is 0.785. The van der Waals surface area contributed by atoms with Crippen molar-refractivity contribution in [3.63, 3.8) is 0 Å². The van der Waals surface area contributed by atoms with Crippen LogP contribution in [0, 0.1) is 0 Å². The van der Waals surface area contributed by atoms with Crippen molar-refractivity contribution in [2.45, 2.75) is 5.16 Å². The zero-order chi connectivity index (χ0) is 8.10. The lowest BCUT2D eigenvalue weighted by Gasteiger charge is -1.98. The van der Waals surface area contributed by atoms with Gasteiger partial charge in [-0.05, 0) is 7.05 Å². The number of rotatable bonds is 4. The van der Waals surface area contributed by atoms with E-state index in [1.807, 2.05) is 18.7 Å². The van der Waals surface area contributed by atoms with Crippen molar-refractivity contribution in [3.8, 4) is 0 Å². The summed E-state index contributed by atoms with van der Waals surface area (Å²) in [7, 11) is 3.89. The summed E-state index contributed by atoms with van der Waals surface area (Å²) in [4.78, 5) is 0. The molecule has 1 aromatic rings. The lowest BCUT2D eigenvalue weighted by atomic mass is 10.8. The van der Waals surface area contributed by atoms with E-state index in [1.165, 1.54) is 0 Å². The van der Waals surface area contributed by atoms with Crippen LogP contribution in [0.4, 0.5) is 0 Å². The van der Waals surface area contributed by atoms with E-state index in [2.05, 4.69) is 15.5 Å². The van der Waals surface area contributed by atoms with Crippen molar-refractivity contribution in [2.75, 3.05) is 19.3 Å². The van der Waals surface area contributed by atoms with Crippen molar-refractivity contribution in [1.29, 1.82) is 0 Å². The average Bonchev–Trinajstić information content (AvgIpc) is 2.37. The lowest BCUT2D eigenvalue weighted by Crippen LogP contribution is -2.10. The molecular weight excluding hydrogens is 160 g/mol. The fourth-order valence-electron chi connectivity index (χ4n) is 0.648. The summed E-state index contributed by atoms with van der Waals surface area (Å²) in [5.41, 5.74) is 0. The number of hydrogen-bond donors (Lipinski definition) is 1. The maximum Gasteiger partial charge on any atom is 0.190 e. The molecule has 0 aliphatic carbocycles. The van der Waals surface area contributed by atoms with Crippen molar-refractivity contribution < 1.29 is 0 Å². The smallest absolute Gasteiger partial charge is 0.190 e. The second-order valence-electron chi connectivity index (χ2n) is 2.18. The Morgan fingerprint density at radius 3 is 3.09 bits per heavy atom. The maximum absolute atomic E-state index is 3.94. The van der Waals surface area contributed by atoms with Gasteiger partial charge in [0.2, 0.25) is 0 Å². The van der Waals surface area contributed by atoms with Gasteiger partial charge in [-0.25, -0.2) is 0 Å². The largest absolute Gasteiger partial charge is 0.319 e. The number of aryl methyl sites for hydroxylation is 1. The predicted molar refractivity (Wildman–Crippen MR) is 45.7 cm³/mol. The Balaban J connectivity index is 2.32. The fraction of sp³-hybridized carbons (Fsp3) is 0.667. The Hall–Kier alpha value is -0.550. The molecule has 0 amide bonds. The Labute approximate surface area is 70.4 Å². The van der Waals surface area contributed by atoms with E-state index in [4.69, 9.17) is 0 Å². The molecule has 1 aromatic heterocycles. The van der Waals surface area contributed by atoms with E-state index < -0.39 is 0 Å². The highest BCUT2D eigenvalue weighted by Gasteiger charge is 1.98. The first kappa shape index (κ1) is 8.55. The topological polar surface area (TPSA) is 42.7 Å². The highest BCUT2D eigenvalue weighted by Crippen LogP contribution is 2.11. The van der Waals surface area contributed by atoms with Crippen molar-refractivity contribution in [2.24, 2.45) is 7.05 Å². The van der Waals surface area contributed by atoms with Gasteiger partial charge in [0, 0.05) is 19.3 Å². The van der Waals surface area contributed by atoms with Crippen LogP contribution in [-0.2, 0) is 7.05 Å². The highest BCUT2D eigenvalue weighted by atomic mass is 32.2. The molecule has 0 bridgehead atoms. The molecule has 0 atom stereocenters. The third-order valence-electron chi connectivity index (χ3n) is 1.25. The van der Waals surface area contributed by atoms with E-state index in [1.54, 1.807) is 18.1 Å². The van der Waals surface area contributed by atoms with Crippen LogP contribution in [-0.4, -0.2) is 34.1 Å². The summed E-state index contributed by atoms with van der Waals surface area (Å²) >= 11 is 1.71. The molecule has 0 aliphatic heterocycles. The molecule has 0 radical (unpaired) electrons. The number of aromatic nitrogens is 3. The third-order valence-corrected chi connectivity index (χ3v) is 2.29. The van der Waals surface area contributed by atoms with E-state index in [0.29, 0.717) is 0 Å². The SMILES string of the molecule is CNCCSc1nncn1C. The van der Waals surface area contributed by atoms with Crippen LogP contribution in [0.25, 0.3) is 0 Å². The molecule has 0 aliphatic rings. The van der Waals surface area contributed by atoms with E-state index in [9.17, 15) is 0 Å². The van der Waals surface area contributed by atoms with E-state index >= 15 is 0 Å². The zero-order valence-electron chi connectivity index (χ0n) is 6.74. The van der Waals surface area contributed by atoms with Gasteiger partial charge in [-0.2, -0.15) is 0 Å². The van der Waals surface area contributed by atoms with Crippen LogP contribution in [0.5, 0.6) is 0 Å². The highest BCUT2D eigenvalue weighted by molar-refractivity contribution is 7.99. The summed E-state index contributed by atoms with van der Waals surface area (Å²) in [5.74, 6) is 1.03. The van der Waals surface area contributed by atoms with Gasteiger partial charge in [0.1, 0.15) is 6.33 Å². The van der Waals surface area contributed by atoms with Gasteiger partial charge in [-0.1, -0.05) is 11.8 Å². The second-order valence-corrected chi connectivity index (χ2v) is 3.24. The minimum absolute atomic E-state index is 0.972. The van der Waals surface area contributed by atoms with Gasteiger partial charge >= 0.3 is 0 Å². The minimum atomic E-state index is 0.972. The minimum Gasteiger partial charge on any atom is -0.319 e. The molecule has 1 heterocycles. The number of hydrogen-bond acceptors (Lipinski definition) is 4. The third kappa shape index (κ3) is 2.51. The monoisotopic (exact) mass is 172 g/mol. The molecule has 0 fully saturated rings.